The molecule has 0 radical (unpaired) electrons. The summed E-state index contributed by atoms with van der Waals surface area (Å²) in [5.74, 6) is 6.49. The standard InChI is InChI=1S/C11H19N3S/c1-8-11(15-7-13-8)10(14-12)6-9-4-2-3-5-9/h7,9-10,14H,2-6,12H2,1H3. The van der Waals surface area contributed by atoms with Crippen LogP contribution in [0.2, 0.25) is 0 Å². The minimum atomic E-state index is 0.306. The van der Waals surface area contributed by atoms with Crippen molar-refractivity contribution in [3.63, 3.8) is 0 Å². The van der Waals surface area contributed by atoms with E-state index in [0.717, 1.165) is 11.6 Å². The van der Waals surface area contributed by atoms with Crippen molar-refractivity contribution in [2.24, 2.45) is 11.8 Å². The summed E-state index contributed by atoms with van der Waals surface area (Å²) in [5, 5.41) is 0. The molecular formula is C11H19N3S. The SMILES string of the molecule is Cc1ncsc1C(CC1CCCC1)NN. The topological polar surface area (TPSA) is 50.9 Å². The predicted molar refractivity (Wildman–Crippen MR) is 63.5 cm³/mol. The van der Waals surface area contributed by atoms with Crippen molar-refractivity contribution in [2.45, 2.75) is 45.1 Å². The Morgan fingerprint density at radius 2 is 2.33 bits per heavy atom. The molecule has 0 saturated heterocycles. The molecule has 15 heavy (non-hydrogen) atoms. The summed E-state index contributed by atoms with van der Waals surface area (Å²) in [5.41, 5.74) is 5.97. The van der Waals surface area contributed by atoms with Gasteiger partial charge in [0, 0.05) is 4.88 Å². The van der Waals surface area contributed by atoms with E-state index in [-0.39, 0.29) is 0 Å². The summed E-state index contributed by atoms with van der Waals surface area (Å²) in [6.07, 6.45) is 6.69. The third-order valence-corrected chi connectivity index (χ3v) is 4.39. The van der Waals surface area contributed by atoms with Gasteiger partial charge in [0.15, 0.2) is 0 Å². The van der Waals surface area contributed by atoms with Crippen LogP contribution in [0.1, 0.15) is 48.7 Å². The van der Waals surface area contributed by atoms with E-state index in [9.17, 15) is 0 Å². The van der Waals surface area contributed by atoms with Crippen LogP contribution in [0.3, 0.4) is 0 Å². The maximum Gasteiger partial charge on any atom is 0.0798 e. The fraction of sp³-hybridized carbons (Fsp3) is 0.727. The predicted octanol–water partition coefficient (Wildman–Crippen LogP) is 2.54. The van der Waals surface area contributed by atoms with E-state index in [1.807, 2.05) is 5.51 Å². The fourth-order valence-corrected chi connectivity index (χ4v) is 3.35. The summed E-state index contributed by atoms with van der Waals surface area (Å²) < 4.78 is 0. The van der Waals surface area contributed by atoms with Crippen LogP contribution in [0.15, 0.2) is 5.51 Å². The molecule has 1 fully saturated rings. The highest BCUT2D eigenvalue weighted by molar-refractivity contribution is 7.09. The van der Waals surface area contributed by atoms with Gasteiger partial charge in [0.2, 0.25) is 0 Å². The van der Waals surface area contributed by atoms with Crippen LogP contribution in [-0.2, 0) is 0 Å². The zero-order valence-corrected chi connectivity index (χ0v) is 10.0. The van der Waals surface area contributed by atoms with Gasteiger partial charge in [0.1, 0.15) is 0 Å². The highest BCUT2D eigenvalue weighted by Crippen LogP contribution is 2.34. The molecule has 0 amide bonds. The second-order valence-corrected chi connectivity index (χ2v) is 5.29. The molecule has 1 aromatic rings. The fourth-order valence-electron chi connectivity index (χ4n) is 2.48. The monoisotopic (exact) mass is 225 g/mol. The molecule has 0 bridgehead atoms. The summed E-state index contributed by atoms with van der Waals surface area (Å²) >= 11 is 1.71. The van der Waals surface area contributed by atoms with E-state index in [1.165, 1.54) is 37.0 Å². The highest BCUT2D eigenvalue weighted by Gasteiger charge is 2.22. The number of thiazole rings is 1. The van der Waals surface area contributed by atoms with Crippen LogP contribution in [0.25, 0.3) is 0 Å². The van der Waals surface area contributed by atoms with Gasteiger partial charge in [-0.3, -0.25) is 11.3 Å². The molecule has 3 N–H and O–H groups in total. The lowest BCUT2D eigenvalue weighted by molar-refractivity contribution is 0.403. The van der Waals surface area contributed by atoms with Crippen molar-refractivity contribution in [3.8, 4) is 0 Å². The van der Waals surface area contributed by atoms with Gasteiger partial charge in [-0.05, 0) is 19.3 Å². The molecule has 0 spiro atoms. The number of aromatic nitrogens is 1. The first-order valence-corrected chi connectivity index (χ1v) is 6.55. The minimum absolute atomic E-state index is 0.306. The Bertz CT molecular complexity index is 305. The van der Waals surface area contributed by atoms with Crippen molar-refractivity contribution >= 4 is 11.3 Å². The van der Waals surface area contributed by atoms with Crippen LogP contribution < -0.4 is 11.3 Å². The molecule has 1 unspecified atom stereocenters. The number of hydrogen-bond donors (Lipinski definition) is 2. The molecule has 2 rings (SSSR count). The summed E-state index contributed by atoms with van der Waals surface area (Å²) in [7, 11) is 0. The lowest BCUT2D eigenvalue weighted by atomic mass is 9.97. The molecule has 3 nitrogen and oxygen atoms in total. The van der Waals surface area contributed by atoms with Gasteiger partial charge in [-0.2, -0.15) is 0 Å². The van der Waals surface area contributed by atoms with Crippen molar-refractivity contribution in [1.29, 1.82) is 0 Å². The Kier molecular flexibility index (Phi) is 3.72. The Morgan fingerprint density at radius 1 is 1.60 bits per heavy atom. The maximum atomic E-state index is 5.64. The number of aryl methyl sites for hydroxylation is 1. The molecule has 4 heteroatoms. The molecule has 1 heterocycles. The van der Waals surface area contributed by atoms with Gasteiger partial charge in [-0.25, -0.2) is 4.98 Å². The number of nitrogens with two attached hydrogens (primary N) is 1. The van der Waals surface area contributed by atoms with Crippen molar-refractivity contribution in [3.05, 3.63) is 16.1 Å². The van der Waals surface area contributed by atoms with Gasteiger partial charge >= 0.3 is 0 Å². The molecule has 1 saturated carbocycles. The average molecular weight is 225 g/mol. The van der Waals surface area contributed by atoms with Crippen LogP contribution in [0.4, 0.5) is 0 Å². The van der Waals surface area contributed by atoms with Crippen molar-refractivity contribution < 1.29 is 0 Å². The molecule has 0 aromatic carbocycles. The van der Waals surface area contributed by atoms with E-state index in [4.69, 9.17) is 5.84 Å². The minimum Gasteiger partial charge on any atom is -0.271 e. The molecule has 1 aliphatic rings. The maximum absolute atomic E-state index is 5.64. The molecule has 1 aliphatic carbocycles. The van der Waals surface area contributed by atoms with E-state index in [0.29, 0.717) is 6.04 Å². The Morgan fingerprint density at radius 3 is 2.87 bits per heavy atom. The van der Waals surface area contributed by atoms with Crippen molar-refractivity contribution in [2.75, 3.05) is 0 Å². The average Bonchev–Trinajstić information content (AvgIpc) is 2.85. The number of nitrogens with one attached hydrogen (secondary N) is 1. The number of nitrogens with zero attached hydrogens (tertiary/aromatic N) is 1. The zero-order chi connectivity index (χ0) is 10.7. The summed E-state index contributed by atoms with van der Waals surface area (Å²) in [6.45, 7) is 2.06. The number of hydrazine groups is 1. The lowest BCUT2D eigenvalue weighted by Crippen LogP contribution is -2.29. The molecule has 1 aromatic heterocycles. The Hall–Kier alpha value is -0.450. The van der Waals surface area contributed by atoms with Gasteiger partial charge in [0.25, 0.3) is 0 Å². The Balaban J connectivity index is 2.00. The van der Waals surface area contributed by atoms with Crippen molar-refractivity contribution in [1.82, 2.24) is 10.4 Å². The smallest absolute Gasteiger partial charge is 0.0798 e. The molecule has 0 aliphatic heterocycles. The second kappa shape index (κ2) is 5.05. The first-order chi connectivity index (χ1) is 7.31. The number of rotatable bonds is 4. The normalized spacial score (nSPS) is 19.6. The molecule has 1 atom stereocenters. The van der Waals surface area contributed by atoms with Gasteiger partial charge < -0.3 is 0 Å². The first-order valence-electron chi connectivity index (χ1n) is 5.67. The second-order valence-electron chi connectivity index (χ2n) is 4.41. The van der Waals surface area contributed by atoms with E-state index in [1.54, 1.807) is 11.3 Å². The summed E-state index contributed by atoms with van der Waals surface area (Å²) in [6, 6.07) is 0.306. The quantitative estimate of drug-likeness (QED) is 0.611. The van der Waals surface area contributed by atoms with Crippen LogP contribution in [0, 0.1) is 12.8 Å². The van der Waals surface area contributed by atoms with E-state index >= 15 is 0 Å². The lowest BCUT2D eigenvalue weighted by Gasteiger charge is -2.18. The van der Waals surface area contributed by atoms with Gasteiger partial charge in [0.05, 0.1) is 17.2 Å². The zero-order valence-electron chi connectivity index (χ0n) is 9.20. The van der Waals surface area contributed by atoms with Crippen LogP contribution in [-0.4, -0.2) is 4.98 Å². The van der Waals surface area contributed by atoms with Gasteiger partial charge in [-0.1, -0.05) is 25.7 Å². The third kappa shape index (κ3) is 2.56. The molecule has 84 valence electrons. The third-order valence-electron chi connectivity index (χ3n) is 3.34. The highest BCUT2D eigenvalue weighted by atomic mass is 32.1. The first kappa shape index (κ1) is 11.0. The molecular weight excluding hydrogens is 206 g/mol. The van der Waals surface area contributed by atoms with Gasteiger partial charge in [-0.15, -0.1) is 11.3 Å². The van der Waals surface area contributed by atoms with Crippen LogP contribution in [0.5, 0.6) is 0 Å². The summed E-state index contributed by atoms with van der Waals surface area (Å²) in [4.78, 5) is 5.59. The number of hydrogen-bond acceptors (Lipinski definition) is 4. The Labute approximate surface area is 95.1 Å². The largest absolute Gasteiger partial charge is 0.271 e. The van der Waals surface area contributed by atoms with E-state index in [2.05, 4.69) is 17.3 Å². The van der Waals surface area contributed by atoms with E-state index < -0.39 is 0 Å². The van der Waals surface area contributed by atoms with Crippen LogP contribution >= 0.6 is 11.3 Å².